The van der Waals surface area contributed by atoms with Gasteiger partial charge in [-0.2, -0.15) is 4.98 Å². The van der Waals surface area contributed by atoms with Crippen LogP contribution in [0, 0.1) is 5.82 Å². The van der Waals surface area contributed by atoms with Crippen molar-refractivity contribution in [3.8, 4) is 5.69 Å². The standard InChI is InChI=1S/C23H19Cl2FN6O/c24-17-2-1-3-18(25)20(17)21(33)19-12-14-13-28-23(30-31-10-8-27-9-11-31)29-22(14)32(19)16-6-4-15(26)5-7-16/h1-7,12-13,27H,8-11H2,(H,28,29,30). The number of benzene rings is 2. The monoisotopic (exact) mass is 484 g/mol. The normalized spacial score (nSPS) is 14.5. The summed E-state index contributed by atoms with van der Waals surface area (Å²) < 4.78 is 15.3. The van der Waals surface area contributed by atoms with Crippen molar-refractivity contribution in [2.45, 2.75) is 0 Å². The number of nitrogens with one attached hydrogen (secondary N) is 2. The van der Waals surface area contributed by atoms with Gasteiger partial charge in [-0.1, -0.05) is 29.3 Å². The first-order chi connectivity index (χ1) is 16.0. The first-order valence-electron chi connectivity index (χ1n) is 10.4. The van der Waals surface area contributed by atoms with Crippen LogP contribution in [0.25, 0.3) is 16.7 Å². The van der Waals surface area contributed by atoms with Crippen molar-refractivity contribution in [1.29, 1.82) is 0 Å². The zero-order valence-electron chi connectivity index (χ0n) is 17.4. The van der Waals surface area contributed by atoms with E-state index in [0.29, 0.717) is 28.4 Å². The summed E-state index contributed by atoms with van der Waals surface area (Å²) in [6, 6.07) is 12.4. The molecule has 7 nitrogen and oxygen atoms in total. The lowest BCUT2D eigenvalue weighted by atomic mass is 10.1. The molecule has 2 N–H and O–H groups in total. The minimum absolute atomic E-state index is 0.194. The number of nitrogens with zero attached hydrogens (tertiary/aromatic N) is 4. The number of piperazine rings is 1. The van der Waals surface area contributed by atoms with Crippen molar-refractivity contribution in [2.24, 2.45) is 0 Å². The zero-order chi connectivity index (χ0) is 22.9. The van der Waals surface area contributed by atoms with Gasteiger partial charge in [-0.25, -0.2) is 14.4 Å². The highest BCUT2D eigenvalue weighted by atomic mass is 35.5. The van der Waals surface area contributed by atoms with Crippen molar-refractivity contribution in [3.05, 3.63) is 81.8 Å². The molecule has 2 aromatic carbocycles. The number of carbonyl (C=O) groups is 1. The van der Waals surface area contributed by atoms with Gasteiger partial charge in [0.1, 0.15) is 5.82 Å². The number of hydrogen-bond acceptors (Lipinski definition) is 6. The van der Waals surface area contributed by atoms with Crippen molar-refractivity contribution in [1.82, 2.24) is 24.9 Å². The van der Waals surface area contributed by atoms with E-state index in [2.05, 4.69) is 20.7 Å². The molecule has 1 fully saturated rings. The molecule has 0 saturated carbocycles. The van der Waals surface area contributed by atoms with E-state index in [1.54, 1.807) is 47.2 Å². The van der Waals surface area contributed by atoms with Crippen molar-refractivity contribution in [3.63, 3.8) is 0 Å². The van der Waals surface area contributed by atoms with Crippen molar-refractivity contribution in [2.75, 3.05) is 31.6 Å². The van der Waals surface area contributed by atoms with Crippen LogP contribution in [0.15, 0.2) is 54.7 Å². The summed E-state index contributed by atoms with van der Waals surface area (Å²) in [5, 5.41) is 6.46. The second-order valence-corrected chi connectivity index (χ2v) is 8.40. The van der Waals surface area contributed by atoms with Gasteiger partial charge in [0.25, 0.3) is 0 Å². The van der Waals surface area contributed by atoms with Gasteiger partial charge in [0.2, 0.25) is 11.7 Å². The summed E-state index contributed by atoms with van der Waals surface area (Å²) in [5.74, 6) is -0.349. The second-order valence-electron chi connectivity index (χ2n) is 7.59. The number of ketones is 1. The first-order valence-corrected chi connectivity index (χ1v) is 11.1. The lowest BCUT2D eigenvalue weighted by Crippen LogP contribution is -2.46. The molecule has 0 bridgehead atoms. The van der Waals surface area contributed by atoms with E-state index in [9.17, 15) is 9.18 Å². The fraction of sp³-hybridized carbons (Fsp3) is 0.174. The lowest BCUT2D eigenvalue weighted by Gasteiger charge is -2.27. The number of anilines is 1. The van der Waals surface area contributed by atoms with Gasteiger partial charge in [0.15, 0.2) is 5.65 Å². The number of fused-ring (bicyclic) bond motifs is 1. The van der Waals surface area contributed by atoms with Gasteiger partial charge in [-0.05, 0) is 42.5 Å². The summed E-state index contributed by atoms with van der Waals surface area (Å²) in [5.41, 5.74) is 4.78. The Balaban J connectivity index is 1.65. The van der Waals surface area contributed by atoms with Crippen LogP contribution in [0.1, 0.15) is 16.1 Å². The number of hydrazine groups is 1. The third kappa shape index (κ3) is 4.30. The Morgan fingerprint density at radius 1 is 1.06 bits per heavy atom. The number of carbonyl (C=O) groups excluding carboxylic acids is 1. The van der Waals surface area contributed by atoms with E-state index < -0.39 is 0 Å². The maximum atomic E-state index is 13.6. The SMILES string of the molecule is O=C(c1c(Cl)cccc1Cl)c1cc2cnc(NN3CCNCC3)nc2n1-c1ccc(F)cc1. The van der Waals surface area contributed by atoms with Gasteiger partial charge in [-0.15, -0.1) is 0 Å². The molecule has 168 valence electrons. The van der Waals surface area contributed by atoms with Crippen LogP contribution < -0.4 is 10.7 Å². The third-order valence-electron chi connectivity index (χ3n) is 5.42. The highest BCUT2D eigenvalue weighted by Crippen LogP contribution is 2.31. The van der Waals surface area contributed by atoms with Crippen LogP contribution in [0.3, 0.4) is 0 Å². The van der Waals surface area contributed by atoms with Gasteiger partial charge in [0, 0.05) is 43.4 Å². The predicted molar refractivity (Wildman–Crippen MR) is 127 cm³/mol. The molecule has 5 rings (SSSR count). The molecule has 0 radical (unpaired) electrons. The molecular formula is C23H19Cl2FN6O. The molecule has 10 heteroatoms. The highest BCUT2D eigenvalue weighted by Gasteiger charge is 2.24. The van der Waals surface area contributed by atoms with E-state index in [1.165, 1.54) is 12.1 Å². The summed E-state index contributed by atoms with van der Waals surface area (Å²) >= 11 is 12.6. The first kappa shape index (κ1) is 21.8. The molecular weight excluding hydrogens is 466 g/mol. The van der Waals surface area contributed by atoms with Gasteiger partial charge in [-0.3, -0.25) is 14.8 Å². The molecule has 0 amide bonds. The molecule has 0 spiro atoms. The quantitative estimate of drug-likeness (QED) is 0.410. The van der Waals surface area contributed by atoms with E-state index in [1.807, 2.05) is 5.01 Å². The van der Waals surface area contributed by atoms with Crippen LogP contribution in [-0.4, -0.2) is 51.5 Å². The smallest absolute Gasteiger partial charge is 0.239 e. The van der Waals surface area contributed by atoms with Gasteiger partial charge < -0.3 is 5.32 Å². The molecule has 1 aliphatic rings. The van der Waals surface area contributed by atoms with E-state index in [0.717, 1.165) is 26.2 Å². The zero-order valence-corrected chi connectivity index (χ0v) is 18.9. The topological polar surface area (TPSA) is 75.1 Å². The van der Waals surface area contributed by atoms with E-state index in [-0.39, 0.29) is 27.2 Å². The Labute approximate surface area is 199 Å². The van der Waals surface area contributed by atoms with Crippen LogP contribution in [0.2, 0.25) is 10.0 Å². The average Bonchev–Trinajstić information content (AvgIpc) is 3.19. The Kier molecular flexibility index (Phi) is 5.99. The fourth-order valence-electron chi connectivity index (χ4n) is 3.82. The number of hydrogen-bond donors (Lipinski definition) is 2. The minimum Gasteiger partial charge on any atom is -0.314 e. The molecule has 33 heavy (non-hydrogen) atoms. The molecule has 2 aromatic heterocycles. The number of rotatable bonds is 5. The molecule has 0 atom stereocenters. The lowest BCUT2D eigenvalue weighted by molar-refractivity contribution is 0.103. The van der Waals surface area contributed by atoms with Gasteiger partial charge in [0.05, 0.1) is 21.3 Å². The van der Waals surface area contributed by atoms with Crippen molar-refractivity contribution >= 4 is 46.0 Å². The van der Waals surface area contributed by atoms with Crippen LogP contribution in [0.4, 0.5) is 10.3 Å². The molecule has 4 aromatic rings. The second kappa shape index (κ2) is 9.07. The van der Waals surface area contributed by atoms with E-state index in [4.69, 9.17) is 23.2 Å². The summed E-state index contributed by atoms with van der Waals surface area (Å²) in [4.78, 5) is 22.7. The molecule has 1 aliphatic heterocycles. The highest BCUT2D eigenvalue weighted by molar-refractivity contribution is 6.41. The van der Waals surface area contributed by atoms with Crippen molar-refractivity contribution < 1.29 is 9.18 Å². The Morgan fingerprint density at radius 2 is 1.76 bits per heavy atom. The molecule has 0 aliphatic carbocycles. The Bertz CT molecular complexity index is 1310. The Hall–Kier alpha value is -3.04. The summed E-state index contributed by atoms with van der Waals surface area (Å²) in [6.45, 7) is 3.32. The average molecular weight is 485 g/mol. The largest absolute Gasteiger partial charge is 0.314 e. The summed E-state index contributed by atoms with van der Waals surface area (Å²) in [7, 11) is 0. The maximum absolute atomic E-state index is 13.6. The fourth-order valence-corrected chi connectivity index (χ4v) is 4.39. The third-order valence-corrected chi connectivity index (χ3v) is 6.05. The molecule has 0 unspecified atom stereocenters. The molecule has 3 heterocycles. The number of halogens is 3. The maximum Gasteiger partial charge on any atom is 0.239 e. The molecule has 1 saturated heterocycles. The van der Waals surface area contributed by atoms with Crippen LogP contribution in [-0.2, 0) is 0 Å². The van der Waals surface area contributed by atoms with E-state index >= 15 is 0 Å². The predicted octanol–water partition coefficient (Wildman–Crippen LogP) is 4.33. The Morgan fingerprint density at radius 3 is 2.45 bits per heavy atom. The van der Waals surface area contributed by atoms with Crippen LogP contribution >= 0.6 is 23.2 Å². The summed E-state index contributed by atoms with van der Waals surface area (Å²) in [6.07, 6.45) is 1.65. The van der Waals surface area contributed by atoms with Gasteiger partial charge >= 0.3 is 0 Å². The van der Waals surface area contributed by atoms with Crippen LogP contribution in [0.5, 0.6) is 0 Å². The number of aromatic nitrogens is 3. The minimum atomic E-state index is -0.382.